The van der Waals surface area contributed by atoms with E-state index in [0.29, 0.717) is 18.4 Å². The highest BCUT2D eigenvalue weighted by molar-refractivity contribution is 5.94. The molecule has 0 saturated carbocycles. The molecule has 2 rings (SSSR count). The van der Waals surface area contributed by atoms with Gasteiger partial charge in [0.15, 0.2) is 0 Å². The second-order valence-electron chi connectivity index (χ2n) is 7.09. The Morgan fingerprint density at radius 2 is 2.17 bits per heavy atom. The van der Waals surface area contributed by atoms with Crippen LogP contribution in [0.15, 0.2) is 55.2 Å². The summed E-state index contributed by atoms with van der Waals surface area (Å²) in [7, 11) is 0. The molecule has 0 radical (unpaired) electrons. The summed E-state index contributed by atoms with van der Waals surface area (Å²) in [4.78, 5) is 24.3. The number of phenols is 1. The fourth-order valence-electron chi connectivity index (χ4n) is 3.08. The van der Waals surface area contributed by atoms with Crippen LogP contribution in [-0.4, -0.2) is 41.0 Å². The molecular weight excluding hydrogens is 372 g/mol. The predicted octanol–water partition coefficient (Wildman–Crippen LogP) is 3.48. The second kappa shape index (κ2) is 11.2. The van der Waals surface area contributed by atoms with E-state index in [0.717, 1.165) is 0 Å². The Morgan fingerprint density at radius 1 is 1.38 bits per heavy atom. The summed E-state index contributed by atoms with van der Waals surface area (Å²) in [5.41, 5.74) is 0.793. The van der Waals surface area contributed by atoms with Crippen molar-refractivity contribution >= 4 is 11.9 Å². The topological polar surface area (TPSA) is 93.1 Å². The Morgan fingerprint density at radius 3 is 2.93 bits per heavy atom. The standard InChI is InChI=1S/C23H28O6/c1-3-14-28-21(26)13-7-11-18-15-20(25)16(2)8-4-5-9-17-10-6-12-19(24)22(17)23(27)29-18/h3-7,10,12-13,16,18,20,24-25H,1,8-9,11,14-15H2,2H3/b5-4+,13-7+/t16-,18-,20+/m0/s1. The number of benzene rings is 1. The SMILES string of the molecule is C=CCOC(=O)/C=C/C[C@H]1C[C@@H](O)[C@@H](C)C/C=C/Cc2cccc(O)c2C(=O)O1. The van der Waals surface area contributed by atoms with Crippen molar-refractivity contribution in [3.05, 3.63) is 66.3 Å². The molecule has 1 aliphatic rings. The highest BCUT2D eigenvalue weighted by atomic mass is 16.5. The number of allylic oxidation sites excluding steroid dienone is 2. The summed E-state index contributed by atoms with van der Waals surface area (Å²) in [5, 5.41) is 20.7. The number of aliphatic hydroxyl groups is 1. The maximum Gasteiger partial charge on any atom is 0.342 e. The number of aliphatic hydroxyl groups excluding tert-OH is 1. The zero-order chi connectivity index (χ0) is 21.2. The summed E-state index contributed by atoms with van der Waals surface area (Å²) in [6.45, 7) is 5.52. The van der Waals surface area contributed by atoms with E-state index < -0.39 is 24.1 Å². The van der Waals surface area contributed by atoms with Crippen LogP contribution in [0, 0.1) is 5.92 Å². The van der Waals surface area contributed by atoms with Crippen molar-refractivity contribution in [1.29, 1.82) is 0 Å². The second-order valence-corrected chi connectivity index (χ2v) is 7.09. The highest BCUT2D eigenvalue weighted by Gasteiger charge is 2.25. The zero-order valence-electron chi connectivity index (χ0n) is 16.6. The third-order valence-corrected chi connectivity index (χ3v) is 4.78. The number of aromatic hydroxyl groups is 1. The average Bonchev–Trinajstić information content (AvgIpc) is 2.68. The number of hydrogen-bond donors (Lipinski definition) is 2. The van der Waals surface area contributed by atoms with Crippen molar-refractivity contribution in [3.63, 3.8) is 0 Å². The Hall–Kier alpha value is -2.86. The van der Waals surface area contributed by atoms with Gasteiger partial charge in [0.05, 0.1) is 6.10 Å². The molecule has 0 spiro atoms. The number of carbonyl (C=O) groups is 2. The fourth-order valence-corrected chi connectivity index (χ4v) is 3.08. The minimum absolute atomic E-state index is 0.0166. The molecule has 6 nitrogen and oxygen atoms in total. The highest BCUT2D eigenvalue weighted by Crippen LogP contribution is 2.26. The lowest BCUT2D eigenvalue weighted by atomic mass is 9.93. The van der Waals surface area contributed by atoms with Gasteiger partial charge in [0.2, 0.25) is 0 Å². The predicted molar refractivity (Wildman–Crippen MR) is 109 cm³/mol. The van der Waals surface area contributed by atoms with E-state index in [4.69, 9.17) is 9.47 Å². The van der Waals surface area contributed by atoms with Crippen LogP contribution in [0.4, 0.5) is 0 Å². The summed E-state index contributed by atoms with van der Waals surface area (Å²) in [6.07, 6.45) is 8.45. The van der Waals surface area contributed by atoms with Crippen LogP contribution in [-0.2, 0) is 20.7 Å². The van der Waals surface area contributed by atoms with E-state index in [-0.39, 0.29) is 36.7 Å². The Bertz CT molecular complexity index is 780. The van der Waals surface area contributed by atoms with E-state index in [1.165, 1.54) is 18.2 Å². The minimum atomic E-state index is -0.679. The van der Waals surface area contributed by atoms with Crippen LogP contribution in [0.5, 0.6) is 5.75 Å². The van der Waals surface area contributed by atoms with Crippen LogP contribution in [0.2, 0.25) is 0 Å². The number of cyclic esters (lactones) is 1. The van der Waals surface area contributed by atoms with Crippen molar-refractivity contribution in [1.82, 2.24) is 0 Å². The quantitative estimate of drug-likeness (QED) is 0.447. The van der Waals surface area contributed by atoms with Crippen LogP contribution in [0.1, 0.15) is 42.1 Å². The van der Waals surface area contributed by atoms with Gasteiger partial charge in [-0.05, 0) is 30.4 Å². The van der Waals surface area contributed by atoms with Gasteiger partial charge in [0, 0.05) is 18.9 Å². The van der Waals surface area contributed by atoms with Crippen molar-refractivity contribution in [3.8, 4) is 5.75 Å². The van der Waals surface area contributed by atoms with Crippen LogP contribution in [0.3, 0.4) is 0 Å². The average molecular weight is 400 g/mol. The molecule has 156 valence electrons. The molecule has 1 aromatic rings. The minimum Gasteiger partial charge on any atom is -0.507 e. The van der Waals surface area contributed by atoms with Gasteiger partial charge in [0.25, 0.3) is 0 Å². The largest absolute Gasteiger partial charge is 0.507 e. The normalized spacial score (nSPS) is 23.9. The number of phenolic OH excluding ortho intramolecular Hbond substituents is 1. The van der Waals surface area contributed by atoms with E-state index >= 15 is 0 Å². The van der Waals surface area contributed by atoms with Crippen molar-refractivity contribution < 1.29 is 29.3 Å². The molecule has 1 heterocycles. The van der Waals surface area contributed by atoms with Crippen molar-refractivity contribution in [2.24, 2.45) is 5.92 Å². The van der Waals surface area contributed by atoms with Gasteiger partial charge in [0.1, 0.15) is 24.0 Å². The smallest absolute Gasteiger partial charge is 0.342 e. The lowest BCUT2D eigenvalue weighted by molar-refractivity contribution is -0.136. The van der Waals surface area contributed by atoms with E-state index in [1.807, 2.05) is 19.1 Å². The lowest BCUT2D eigenvalue weighted by Gasteiger charge is -2.24. The number of fused-ring (bicyclic) bond motifs is 1. The molecule has 0 bridgehead atoms. The Balaban J connectivity index is 2.22. The maximum atomic E-state index is 12.8. The van der Waals surface area contributed by atoms with E-state index in [2.05, 4.69) is 6.58 Å². The molecule has 29 heavy (non-hydrogen) atoms. The zero-order valence-corrected chi connectivity index (χ0v) is 16.6. The molecule has 0 unspecified atom stereocenters. The number of ether oxygens (including phenoxy) is 2. The molecule has 0 saturated heterocycles. The molecule has 0 aliphatic carbocycles. The molecule has 6 heteroatoms. The van der Waals surface area contributed by atoms with Gasteiger partial charge in [-0.25, -0.2) is 9.59 Å². The number of esters is 2. The first-order chi connectivity index (χ1) is 13.9. The molecule has 0 aromatic heterocycles. The molecule has 0 amide bonds. The number of carbonyl (C=O) groups excluding carboxylic acids is 2. The van der Waals surface area contributed by atoms with Gasteiger partial charge < -0.3 is 19.7 Å². The summed E-state index contributed by atoms with van der Waals surface area (Å²) >= 11 is 0. The molecule has 3 atom stereocenters. The lowest BCUT2D eigenvalue weighted by Crippen LogP contribution is -2.28. The molecule has 1 aliphatic heterocycles. The Labute approximate surface area is 171 Å². The fraction of sp³-hybridized carbons (Fsp3) is 0.391. The monoisotopic (exact) mass is 400 g/mol. The number of hydrogen-bond acceptors (Lipinski definition) is 6. The van der Waals surface area contributed by atoms with Crippen LogP contribution in [0.25, 0.3) is 0 Å². The van der Waals surface area contributed by atoms with Crippen LogP contribution >= 0.6 is 0 Å². The van der Waals surface area contributed by atoms with E-state index in [1.54, 1.807) is 18.2 Å². The van der Waals surface area contributed by atoms with Gasteiger partial charge in [-0.15, -0.1) is 0 Å². The maximum absolute atomic E-state index is 12.8. The summed E-state index contributed by atoms with van der Waals surface area (Å²) in [6, 6.07) is 4.90. The number of rotatable bonds is 5. The third kappa shape index (κ3) is 6.91. The Kier molecular flexibility index (Phi) is 8.68. The van der Waals surface area contributed by atoms with Gasteiger partial charge in [-0.1, -0.05) is 49.9 Å². The van der Waals surface area contributed by atoms with Gasteiger partial charge >= 0.3 is 11.9 Å². The van der Waals surface area contributed by atoms with Crippen molar-refractivity contribution in [2.45, 2.75) is 44.8 Å². The van der Waals surface area contributed by atoms with Gasteiger partial charge in [-0.2, -0.15) is 0 Å². The molecule has 1 aromatic carbocycles. The summed E-state index contributed by atoms with van der Waals surface area (Å²) < 4.78 is 10.5. The van der Waals surface area contributed by atoms with Crippen LogP contribution < -0.4 is 0 Å². The van der Waals surface area contributed by atoms with Gasteiger partial charge in [-0.3, -0.25) is 0 Å². The van der Waals surface area contributed by atoms with E-state index in [9.17, 15) is 19.8 Å². The first kappa shape index (κ1) is 22.4. The third-order valence-electron chi connectivity index (χ3n) is 4.78. The first-order valence-corrected chi connectivity index (χ1v) is 9.71. The molecular formula is C23H28O6. The van der Waals surface area contributed by atoms with Crippen molar-refractivity contribution in [2.75, 3.05) is 6.61 Å². The summed E-state index contributed by atoms with van der Waals surface area (Å²) in [5.74, 6) is -1.34. The molecule has 0 fully saturated rings. The first-order valence-electron chi connectivity index (χ1n) is 9.71. The molecule has 2 N–H and O–H groups in total.